The Hall–Kier alpha value is -2.06. The molecule has 1 aromatic carbocycles. The van der Waals surface area contributed by atoms with E-state index in [4.69, 9.17) is 9.47 Å². The van der Waals surface area contributed by atoms with E-state index >= 15 is 0 Å². The zero-order valence-corrected chi connectivity index (χ0v) is 15.4. The SMILES string of the molecule is CCCO[C@@]1(C(=O)Nc2ccc(OCC)cc2C#N)CCC[C@@H](C)C1. The lowest BCUT2D eigenvalue weighted by Gasteiger charge is -2.38. The Labute approximate surface area is 150 Å². The first-order valence-corrected chi connectivity index (χ1v) is 9.17. The number of carbonyl (C=O) groups is 1. The molecule has 1 saturated carbocycles. The molecule has 1 aromatic rings. The lowest BCUT2D eigenvalue weighted by molar-refractivity contribution is -0.148. The van der Waals surface area contributed by atoms with Crippen molar-refractivity contribution < 1.29 is 14.3 Å². The fourth-order valence-electron chi connectivity index (χ4n) is 3.42. The quantitative estimate of drug-likeness (QED) is 0.802. The molecule has 0 radical (unpaired) electrons. The minimum atomic E-state index is -0.793. The van der Waals surface area contributed by atoms with E-state index in [0.717, 1.165) is 32.1 Å². The van der Waals surface area contributed by atoms with Crippen LogP contribution in [0.4, 0.5) is 5.69 Å². The molecule has 0 unspecified atom stereocenters. The van der Waals surface area contributed by atoms with Crippen LogP contribution in [0.1, 0.15) is 58.4 Å². The van der Waals surface area contributed by atoms with Crippen molar-refractivity contribution in [1.82, 2.24) is 0 Å². The Kier molecular flexibility index (Phi) is 6.83. The molecule has 2 atom stereocenters. The topological polar surface area (TPSA) is 71.3 Å². The molecule has 1 amide bonds. The highest BCUT2D eigenvalue weighted by molar-refractivity contribution is 5.98. The molecule has 1 aliphatic rings. The van der Waals surface area contributed by atoms with Gasteiger partial charge in [-0.3, -0.25) is 4.79 Å². The Balaban J connectivity index is 2.21. The molecule has 1 fully saturated rings. The van der Waals surface area contributed by atoms with Crippen molar-refractivity contribution in [3.8, 4) is 11.8 Å². The van der Waals surface area contributed by atoms with E-state index in [0.29, 0.717) is 36.1 Å². The number of nitrogens with one attached hydrogen (secondary N) is 1. The summed E-state index contributed by atoms with van der Waals surface area (Å²) in [7, 11) is 0. The van der Waals surface area contributed by atoms with E-state index < -0.39 is 5.60 Å². The van der Waals surface area contributed by atoms with Gasteiger partial charge in [-0.25, -0.2) is 0 Å². The van der Waals surface area contributed by atoms with Crippen molar-refractivity contribution in [2.75, 3.05) is 18.5 Å². The number of rotatable bonds is 7. The van der Waals surface area contributed by atoms with E-state index in [-0.39, 0.29) is 5.91 Å². The molecule has 25 heavy (non-hydrogen) atoms. The van der Waals surface area contributed by atoms with Gasteiger partial charge in [-0.05, 0) is 56.7 Å². The summed E-state index contributed by atoms with van der Waals surface area (Å²) in [6.45, 7) is 7.18. The second-order valence-electron chi connectivity index (χ2n) is 6.75. The number of hydrogen-bond donors (Lipinski definition) is 1. The minimum Gasteiger partial charge on any atom is -0.494 e. The van der Waals surface area contributed by atoms with Crippen LogP contribution in [0.15, 0.2) is 18.2 Å². The third-order valence-electron chi connectivity index (χ3n) is 4.62. The molecule has 136 valence electrons. The van der Waals surface area contributed by atoms with Crippen molar-refractivity contribution in [3.05, 3.63) is 23.8 Å². The molecule has 1 aliphatic carbocycles. The number of amides is 1. The number of anilines is 1. The van der Waals surface area contributed by atoms with Gasteiger partial charge in [0.1, 0.15) is 17.4 Å². The first kappa shape index (κ1) is 19.3. The molecule has 5 nitrogen and oxygen atoms in total. The van der Waals surface area contributed by atoms with E-state index in [1.54, 1.807) is 18.2 Å². The third kappa shape index (κ3) is 4.73. The zero-order valence-electron chi connectivity index (χ0n) is 15.4. The van der Waals surface area contributed by atoms with Gasteiger partial charge < -0.3 is 14.8 Å². The van der Waals surface area contributed by atoms with Gasteiger partial charge in [0.2, 0.25) is 0 Å². The van der Waals surface area contributed by atoms with E-state index in [2.05, 4.69) is 18.3 Å². The highest BCUT2D eigenvalue weighted by Crippen LogP contribution is 2.36. The van der Waals surface area contributed by atoms with Gasteiger partial charge in [-0.15, -0.1) is 0 Å². The predicted molar refractivity (Wildman–Crippen MR) is 97.6 cm³/mol. The number of benzene rings is 1. The molecule has 5 heteroatoms. The Bertz CT molecular complexity index is 638. The summed E-state index contributed by atoms with van der Waals surface area (Å²) < 4.78 is 11.5. The smallest absolute Gasteiger partial charge is 0.256 e. The Morgan fingerprint density at radius 1 is 1.44 bits per heavy atom. The van der Waals surface area contributed by atoms with Crippen molar-refractivity contribution >= 4 is 11.6 Å². The Morgan fingerprint density at radius 3 is 2.88 bits per heavy atom. The molecular weight excluding hydrogens is 316 g/mol. The van der Waals surface area contributed by atoms with Crippen LogP contribution in [-0.4, -0.2) is 24.7 Å². The van der Waals surface area contributed by atoms with Gasteiger partial charge in [0, 0.05) is 6.61 Å². The molecular formula is C20H28N2O3. The van der Waals surface area contributed by atoms with Crippen LogP contribution in [-0.2, 0) is 9.53 Å². The van der Waals surface area contributed by atoms with Crippen LogP contribution in [0.25, 0.3) is 0 Å². The monoisotopic (exact) mass is 344 g/mol. The lowest BCUT2D eigenvalue weighted by atomic mass is 9.78. The van der Waals surface area contributed by atoms with E-state index in [9.17, 15) is 10.1 Å². The average Bonchev–Trinajstić information content (AvgIpc) is 2.61. The van der Waals surface area contributed by atoms with Crippen molar-refractivity contribution in [1.29, 1.82) is 5.26 Å². The summed E-state index contributed by atoms with van der Waals surface area (Å²) in [4.78, 5) is 13.0. The number of ether oxygens (including phenoxy) is 2. The summed E-state index contributed by atoms with van der Waals surface area (Å²) in [5.41, 5.74) is 0.112. The summed E-state index contributed by atoms with van der Waals surface area (Å²) >= 11 is 0. The van der Waals surface area contributed by atoms with Gasteiger partial charge >= 0.3 is 0 Å². The first-order valence-electron chi connectivity index (χ1n) is 9.17. The summed E-state index contributed by atoms with van der Waals surface area (Å²) in [6, 6.07) is 7.28. The van der Waals surface area contributed by atoms with Crippen molar-refractivity contribution in [3.63, 3.8) is 0 Å². The van der Waals surface area contributed by atoms with Crippen LogP contribution in [0, 0.1) is 17.2 Å². The van der Waals surface area contributed by atoms with E-state index in [1.807, 2.05) is 13.8 Å². The van der Waals surface area contributed by atoms with Crippen LogP contribution in [0.5, 0.6) is 5.75 Å². The van der Waals surface area contributed by atoms with E-state index in [1.165, 1.54) is 0 Å². The predicted octanol–water partition coefficient (Wildman–Crippen LogP) is 4.27. The maximum Gasteiger partial charge on any atom is 0.256 e. The maximum absolute atomic E-state index is 13.0. The van der Waals surface area contributed by atoms with Gasteiger partial charge in [0.15, 0.2) is 0 Å². The highest BCUT2D eigenvalue weighted by Gasteiger charge is 2.42. The largest absolute Gasteiger partial charge is 0.494 e. The van der Waals surface area contributed by atoms with Crippen LogP contribution < -0.4 is 10.1 Å². The van der Waals surface area contributed by atoms with Crippen molar-refractivity contribution in [2.24, 2.45) is 5.92 Å². The summed E-state index contributed by atoms with van der Waals surface area (Å²) in [5, 5.41) is 12.3. The highest BCUT2D eigenvalue weighted by atomic mass is 16.5. The molecule has 0 spiro atoms. The third-order valence-corrected chi connectivity index (χ3v) is 4.62. The molecule has 2 rings (SSSR count). The fraction of sp³-hybridized carbons (Fsp3) is 0.600. The van der Waals surface area contributed by atoms with Gasteiger partial charge in [0.25, 0.3) is 5.91 Å². The lowest BCUT2D eigenvalue weighted by Crippen LogP contribution is -2.48. The zero-order chi connectivity index (χ0) is 18.3. The normalized spacial score (nSPS) is 22.9. The first-order chi connectivity index (χ1) is 12.0. The number of nitrogens with zero attached hydrogens (tertiary/aromatic N) is 1. The second kappa shape index (κ2) is 8.87. The van der Waals surface area contributed by atoms with Crippen LogP contribution >= 0.6 is 0 Å². The van der Waals surface area contributed by atoms with Crippen molar-refractivity contribution in [2.45, 2.75) is 58.5 Å². The molecule has 1 N–H and O–H groups in total. The molecule has 0 bridgehead atoms. The maximum atomic E-state index is 13.0. The summed E-state index contributed by atoms with van der Waals surface area (Å²) in [5.74, 6) is 0.931. The second-order valence-corrected chi connectivity index (χ2v) is 6.75. The minimum absolute atomic E-state index is 0.145. The van der Waals surface area contributed by atoms with Gasteiger partial charge in [-0.1, -0.05) is 20.3 Å². The van der Waals surface area contributed by atoms with Crippen LogP contribution in [0.2, 0.25) is 0 Å². The number of hydrogen-bond acceptors (Lipinski definition) is 4. The number of carbonyl (C=O) groups excluding carboxylic acids is 1. The fourth-order valence-corrected chi connectivity index (χ4v) is 3.42. The molecule has 0 saturated heterocycles. The standard InChI is InChI=1S/C20H28N2O3/c1-4-11-25-20(10-6-7-15(3)13-20)19(23)22-18-9-8-17(24-5-2)12-16(18)14-21/h8-9,12,15H,4-7,10-11,13H2,1-3H3,(H,22,23)/t15-,20+/m1/s1. The molecule has 0 heterocycles. The van der Waals surface area contributed by atoms with Crippen LogP contribution in [0.3, 0.4) is 0 Å². The molecule has 0 aliphatic heterocycles. The molecule has 0 aromatic heterocycles. The number of nitriles is 1. The average molecular weight is 344 g/mol. The summed E-state index contributed by atoms with van der Waals surface area (Å²) in [6.07, 6.45) is 4.42. The van der Waals surface area contributed by atoms with Gasteiger partial charge in [0.05, 0.1) is 17.9 Å². The van der Waals surface area contributed by atoms with Gasteiger partial charge in [-0.2, -0.15) is 5.26 Å². The Morgan fingerprint density at radius 2 is 2.24 bits per heavy atom.